The highest BCUT2D eigenvalue weighted by atomic mass is 19.1. The second kappa shape index (κ2) is 6.17. The molecule has 0 saturated carbocycles. The molecule has 0 heterocycles. The van der Waals surface area contributed by atoms with E-state index in [1.807, 2.05) is 6.92 Å². The van der Waals surface area contributed by atoms with Crippen LogP contribution < -0.4 is 10.1 Å². The molecule has 4 nitrogen and oxygen atoms in total. The summed E-state index contributed by atoms with van der Waals surface area (Å²) in [5.74, 6) is -1.46. The molecule has 2 rings (SSSR count). The first-order valence-electron chi connectivity index (χ1n) is 6.32. The van der Waals surface area contributed by atoms with Crippen LogP contribution in [0.5, 0.6) is 5.75 Å². The van der Waals surface area contributed by atoms with Crippen LogP contribution in [-0.4, -0.2) is 11.9 Å². The average molecular weight is 287 g/mol. The van der Waals surface area contributed by atoms with Gasteiger partial charge in [-0.3, -0.25) is 9.59 Å². The van der Waals surface area contributed by atoms with Crippen molar-refractivity contribution >= 4 is 17.6 Å². The molecule has 0 aliphatic rings. The quantitative estimate of drug-likeness (QED) is 0.696. The number of amides is 1. The van der Waals surface area contributed by atoms with Crippen molar-refractivity contribution in [3.05, 3.63) is 59.4 Å². The summed E-state index contributed by atoms with van der Waals surface area (Å²) < 4.78 is 18.6. The summed E-state index contributed by atoms with van der Waals surface area (Å²) in [5, 5.41) is 2.45. The Morgan fingerprint density at radius 2 is 1.86 bits per heavy atom. The number of ether oxygens (including phenoxy) is 1. The van der Waals surface area contributed by atoms with E-state index in [0.29, 0.717) is 0 Å². The number of nitrogens with one attached hydrogen (secondary N) is 1. The monoisotopic (exact) mass is 287 g/mol. The van der Waals surface area contributed by atoms with Crippen molar-refractivity contribution in [1.29, 1.82) is 0 Å². The van der Waals surface area contributed by atoms with Gasteiger partial charge in [0, 0.05) is 6.92 Å². The Bertz CT molecular complexity index is 698. The Labute approximate surface area is 121 Å². The number of rotatable bonds is 3. The molecule has 0 bridgehead atoms. The normalized spacial score (nSPS) is 10.0. The molecule has 108 valence electrons. The van der Waals surface area contributed by atoms with Gasteiger partial charge in [0.1, 0.15) is 11.6 Å². The summed E-state index contributed by atoms with van der Waals surface area (Å²) in [6.45, 7) is 3.06. The Hall–Kier alpha value is -2.69. The molecule has 0 unspecified atom stereocenters. The van der Waals surface area contributed by atoms with Crippen molar-refractivity contribution in [2.75, 3.05) is 5.32 Å². The topological polar surface area (TPSA) is 55.4 Å². The van der Waals surface area contributed by atoms with Crippen LogP contribution in [0, 0.1) is 12.7 Å². The molecule has 2 aromatic carbocycles. The maximum atomic E-state index is 13.5. The van der Waals surface area contributed by atoms with E-state index in [1.165, 1.54) is 31.2 Å². The first-order chi connectivity index (χ1) is 9.97. The van der Waals surface area contributed by atoms with E-state index in [1.54, 1.807) is 18.2 Å². The molecule has 5 heteroatoms. The Morgan fingerprint density at radius 3 is 2.52 bits per heavy atom. The Morgan fingerprint density at radius 1 is 1.14 bits per heavy atom. The van der Waals surface area contributed by atoms with Crippen LogP contribution in [0.1, 0.15) is 22.8 Å². The average Bonchev–Trinajstić information content (AvgIpc) is 2.40. The number of esters is 1. The summed E-state index contributed by atoms with van der Waals surface area (Å²) in [6.07, 6.45) is 0. The first-order valence-corrected chi connectivity index (χ1v) is 6.32. The van der Waals surface area contributed by atoms with E-state index in [4.69, 9.17) is 4.74 Å². The fraction of sp³-hybridized carbons (Fsp3) is 0.125. The molecule has 0 spiro atoms. The van der Waals surface area contributed by atoms with Crippen molar-refractivity contribution in [1.82, 2.24) is 0 Å². The highest BCUT2D eigenvalue weighted by molar-refractivity contribution is 6.06. The number of aryl methyl sites for hydroxylation is 1. The van der Waals surface area contributed by atoms with Crippen LogP contribution in [0.25, 0.3) is 0 Å². The van der Waals surface area contributed by atoms with Crippen molar-refractivity contribution in [2.45, 2.75) is 13.8 Å². The highest BCUT2D eigenvalue weighted by Crippen LogP contribution is 2.22. The summed E-state index contributed by atoms with van der Waals surface area (Å²) in [7, 11) is 0. The van der Waals surface area contributed by atoms with Crippen LogP contribution in [0.4, 0.5) is 10.1 Å². The predicted octanol–water partition coefficient (Wildman–Crippen LogP) is 3.31. The van der Waals surface area contributed by atoms with Gasteiger partial charge in [-0.05, 0) is 36.8 Å². The second-order valence-corrected chi connectivity index (χ2v) is 4.53. The third-order valence-corrected chi connectivity index (χ3v) is 2.76. The molecule has 0 radical (unpaired) electrons. The fourth-order valence-corrected chi connectivity index (χ4v) is 1.81. The zero-order chi connectivity index (χ0) is 15.4. The van der Waals surface area contributed by atoms with Gasteiger partial charge in [0.2, 0.25) is 0 Å². The number of carbonyl (C=O) groups excluding carboxylic acids is 2. The van der Waals surface area contributed by atoms with Gasteiger partial charge in [0.05, 0.1) is 11.3 Å². The predicted molar refractivity (Wildman–Crippen MR) is 76.8 cm³/mol. The molecular formula is C16H14FNO3. The lowest BCUT2D eigenvalue weighted by atomic mass is 10.1. The van der Waals surface area contributed by atoms with Gasteiger partial charge in [-0.25, -0.2) is 4.39 Å². The Kier molecular flexibility index (Phi) is 4.33. The maximum absolute atomic E-state index is 13.5. The van der Waals surface area contributed by atoms with Gasteiger partial charge in [-0.1, -0.05) is 18.2 Å². The van der Waals surface area contributed by atoms with Crippen molar-refractivity contribution < 1.29 is 18.7 Å². The summed E-state index contributed by atoms with van der Waals surface area (Å²) in [5.41, 5.74) is 1.07. The van der Waals surface area contributed by atoms with Gasteiger partial charge in [0.25, 0.3) is 5.91 Å². The minimum atomic E-state index is -0.545. The lowest BCUT2D eigenvalue weighted by Crippen LogP contribution is -2.15. The van der Waals surface area contributed by atoms with Gasteiger partial charge in [-0.15, -0.1) is 0 Å². The van der Waals surface area contributed by atoms with Gasteiger partial charge in [0.15, 0.2) is 0 Å². The molecule has 0 aliphatic heterocycles. The number of para-hydroxylation sites is 1. The molecule has 0 aliphatic carbocycles. The molecule has 0 fully saturated rings. The first kappa shape index (κ1) is 14.7. The van der Waals surface area contributed by atoms with Crippen molar-refractivity contribution in [3.8, 4) is 5.75 Å². The summed E-state index contributed by atoms with van der Waals surface area (Å²) in [4.78, 5) is 23.3. The minimum absolute atomic E-state index is 0.0665. The van der Waals surface area contributed by atoms with E-state index in [9.17, 15) is 14.0 Å². The largest absolute Gasteiger partial charge is 0.426 e. The van der Waals surface area contributed by atoms with Crippen LogP contribution in [-0.2, 0) is 4.79 Å². The zero-order valence-electron chi connectivity index (χ0n) is 11.6. The molecular weight excluding hydrogens is 273 g/mol. The van der Waals surface area contributed by atoms with Crippen LogP contribution in [0.15, 0.2) is 42.5 Å². The number of hydrogen-bond acceptors (Lipinski definition) is 3. The molecule has 0 saturated heterocycles. The van der Waals surface area contributed by atoms with Crippen LogP contribution in [0.2, 0.25) is 0 Å². The smallest absolute Gasteiger partial charge is 0.308 e. The SMILES string of the molecule is CC(=O)Oc1cc(C)ccc1C(=O)Nc1ccccc1F. The molecule has 0 atom stereocenters. The number of anilines is 1. The number of halogens is 1. The fourth-order valence-electron chi connectivity index (χ4n) is 1.81. The number of carbonyl (C=O) groups is 2. The molecule has 21 heavy (non-hydrogen) atoms. The van der Waals surface area contributed by atoms with E-state index < -0.39 is 17.7 Å². The molecule has 1 amide bonds. The standard InChI is InChI=1S/C16H14FNO3/c1-10-7-8-12(15(9-10)21-11(2)19)16(20)18-14-6-4-3-5-13(14)17/h3-9H,1-2H3,(H,18,20). The summed E-state index contributed by atoms with van der Waals surface area (Å²) >= 11 is 0. The van der Waals surface area contributed by atoms with E-state index >= 15 is 0 Å². The minimum Gasteiger partial charge on any atom is -0.426 e. The Balaban J connectivity index is 2.31. The van der Waals surface area contributed by atoms with E-state index in [2.05, 4.69) is 5.32 Å². The molecule has 0 aromatic heterocycles. The van der Waals surface area contributed by atoms with Crippen molar-refractivity contribution in [3.63, 3.8) is 0 Å². The van der Waals surface area contributed by atoms with Gasteiger partial charge < -0.3 is 10.1 Å². The number of benzene rings is 2. The third-order valence-electron chi connectivity index (χ3n) is 2.76. The summed E-state index contributed by atoms with van der Waals surface area (Å²) in [6, 6.07) is 10.7. The third kappa shape index (κ3) is 3.66. The molecule has 1 N–H and O–H groups in total. The van der Waals surface area contributed by atoms with Crippen molar-refractivity contribution in [2.24, 2.45) is 0 Å². The van der Waals surface area contributed by atoms with E-state index in [0.717, 1.165) is 5.56 Å². The zero-order valence-corrected chi connectivity index (χ0v) is 11.6. The highest BCUT2D eigenvalue weighted by Gasteiger charge is 2.15. The lowest BCUT2D eigenvalue weighted by molar-refractivity contribution is -0.131. The van der Waals surface area contributed by atoms with E-state index in [-0.39, 0.29) is 17.0 Å². The molecule has 2 aromatic rings. The van der Waals surface area contributed by atoms with Crippen LogP contribution >= 0.6 is 0 Å². The lowest BCUT2D eigenvalue weighted by Gasteiger charge is -2.11. The number of hydrogen-bond donors (Lipinski definition) is 1. The van der Waals surface area contributed by atoms with Gasteiger partial charge >= 0.3 is 5.97 Å². The van der Waals surface area contributed by atoms with Gasteiger partial charge in [-0.2, -0.15) is 0 Å². The maximum Gasteiger partial charge on any atom is 0.308 e. The van der Waals surface area contributed by atoms with Crippen LogP contribution in [0.3, 0.4) is 0 Å². The second-order valence-electron chi connectivity index (χ2n) is 4.53.